The Morgan fingerprint density at radius 1 is 1.53 bits per heavy atom. The van der Waals surface area contributed by atoms with Crippen LogP contribution in [0.15, 0.2) is 11.6 Å². The van der Waals surface area contributed by atoms with Gasteiger partial charge >= 0.3 is 6.03 Å². The van der Waals surface area contributed by atoms with Gasteiger partial charge in [-0.05, 0) is 18.8 Å². The van der Waals surface area contributed by atoms with Crippen molar-refractivity contribution in [1.82, 2.24) is 10.3 Å². The summed E-state index contributed by atoms with van der Waals surface area (Å²) in [5.74, 6) is 0.673. The molecule has 1 saturated carbocycles. The quantitative estimate of drug-likeness (QED) is 0.830. The zero-order chi connectivity index (χ0) is 10.5. The molecule has 1 aromatic rings. The highest BCUT2D eigenvalue weighted by Gasteiger charge is 2.15. The molecular formula is C10H15N3OS. The van der Waals surface area contributed by atoms with Crippen LogP contribution in [0.25, 0.3) is 0 Å². The summed E-state index contributed by atoms with van der Waals surface area (Å²) in [5, 5.41) is 8.07. The fourth-order valence-corrected chi connectivity index (χ4v) is 2.40. The van der Waals surface area contributed by atoms with E-state index in [2.05, 4.69) is 15.6 Å². The van der Waals surface area contributed by atoms with Crippen molar-refractivity contribution in [2.24, 2.45) is 5.92 Å². The number of hydrogen-bond donors (Lipinski definition) is 2. The highest BCUT2D eigenvalue weighted by molar-refractivity contribution is 7.13. The average Bonchev–Trinajstić information content (AvgIpc) is 2.86. The summed E-state index contributed by atoms with van der Waals surface area (Å²) in [4.78, 5) is 15.4. The van der Waals surface area contributed by atoms with Crippen LogP contribution < -0.4 is 10.6 Å². The maximum atomic E-state index is 11.4. The third kappa shape index (κ3) is 3.20. The number of thiazole rings is 1. The van der Waals surface area contributed by atoms with E-state index in [4.69, 9.17) is 0 Å². The summed E-state index contributed by atoms with van der Waals surface area (Å²) in [6.07, 6.45) is 6.78. The van der Waals surface area contributed by atoms with Crippen molar-refractivity contribution in [1.29, 1.82) is 0 Å². The predicted octanol–water partition coefficient (Wildman–Crippen LogP) is 2.45. The first kappa shape index (κ1) is 10.4. The number of carbonyl (C=O) groups is 1. The van der Waals surface area contributed by atoms with Gasteiger partial charge in [-0.25, -0.2) is 9.78 Å². The van der Waals surface area contributed by atoms with Crippen LogP contribution in [0.2, 0.25) is 0 Å². The number of nitrogens with one attached hydrogen (secondary N) is 2. The summed E-state index contributed by atoms with van der Waals surface area (Å²) in [5.41, 5.74) is 0. The second-order valence-electron chi connectivity index (χ2n) is 3.82. The van der Waals surface area contributed by atoms with Gasteiger partial charge in [-0.2, -0.15) is 0 Å². The summed E-state index contributed by atoms with van der Waals surface area (Å²) in [6, 6.07) is -0.142. The molecule has 82 valence electrons. The molecule has 2 amide bonds. The number of nitrogens with zero attached hydrogens (tertiary/aromatic N) is 1. The largest absolute Gasteiger partial charge is 0.338 e. The molecule has 1 fully saturated rings. The summed E-state index contributed by atoms with van der Waals surface area (Å²) in [7, 11) is 0. The Hall–Kier alpha value is -1.10. The summed E-state index contributed by atoms with van der Waals surface area (Å²) >= 11 is 1.43. The Labute approximate surface area is 93.1 Å². The van der Waals surface area contributed by atoms with Crippen molar-refractivity contribution in [2.45, 2.75) is 25.7 Å². The smallest absolute Gasteiger partial charge is 0.321 e. The maximum absolute atomic E-state index is 11.4. The number of hydrogen-bond acceptors (Lipinski definition) is 3. The number of anilines is 1. The molecule has 0 atom stereocenters. The van der Waals surface area contributed by atoms with Crippen LogP contribution in [-0.2, 0) is 0 Å². The van der Waals surface area contributed by atoms with Gasteiger partial charge in [0.15, 0.2) is 5.13 Å². The van der Waals surface area contributed by atoms with Crippen molar-refractivity contribution in [3.05, 3.63) is 11.6 Å². The molecule has 0 saturated heterocycles. The molecule has 1 heterocycles. The number of urea groups is 1. The lowest BCUT2D eigenvalue weighted by Gasteiger charge is -2.10. The van der Waals surface area contributed by atoms with E-state index in [0.29, 0.717) is 11.0 Å². The highest BCUT2D eigenvalue weighted by Crippen LogP contribution is 2.23. The van der Waals surface area contributed by atoms with Crippen LogP contribution >= 0.6 is 11.3 Å². The molecule has 15 heavy (non-hydrogen) atoms. The molecule has 2 N–H and O–H groups in total. The molecule has 5 heteroatoms. The zero-order valence-electron chi connectivity index (χ0n) is 8.53. The van der Waals surface area contributed by atoms with Crippen LogP contribution in [0.1, 0.15) is 25.7 Å². The maximum Gasteiger partial charge on any atom is 0.321 e. The molecule has 4 nitrogen and oxygen atoms in total. The second kappa shape index (κ2) is 5.11. The molecule has 0 spiro atoms. The zero-order valence-corrected chi connectivity index (χ0v) is 9.35. The molecule has 0 aromatic carbocycles. The summed E-state index contributed by atoms with van der Waals surface area (Å²) in [6.45, 7) is 0.789. The van der Waals surface area contributed by atoms with Crippen LogP contribution in [-0.4, -0.2) is 17.6 Å². The van der Waals surface area contributed by atoms with Crippen molar-refractivity contribution in [2.75, 3.05) is 11.9 Å². The van der Waals surface area contributed by atoms with Gasteiger partial charge < -0.3 is 5.32 Å². The van der Waals surface area contributed by atoms with Gasteiger partial charge in [0.25, 0.3) is 0 Å². The van der Waals surface area contributed by atoms with Crippen LogP contribution in [0.3, 0.4) is 0 Å². The van der Waals surface area contributed by atoms with Crippen molar-refractivity contribution >= 4 is 22.5 Å². The van der Waals surface area contributed by atoms with Crippen LogP contribution in [0, 0.1) is 5.92 Å². The van der Waals surface area contributed by atoms with Crippen molar-refractivity contribution in [3.63, 3.8) is 0 Å². The molecule has 0 aliphatic heterocycles. The van der Waals surface area contributed by atoms with Crippen molar-refractivity contribution < 1.29 is 4.79 Å². The molecular weight excluding hydrogens is 210 g/mol. The third-order valence-corrected chi connectivity index (χ3v) is 3.37. The Bertz CT molecular complexity index is 306. The molecule has 1 aromatic heterocycles. The van der Waals surface area contributed by atoms with E-state index in [1.165, 1.54) is 37.0 Å². The van der Waals surface area contributed by atoms with Gasteiger partial charge in [0.2, 0.25) is 0 Å². The lowest BCUT2D eigenvalue weighted by atomic mass is 10.1. The van der Waals surface area contributed by atoms with Gasteiger partial charge in [-0.1, -0.05) is 12.8 Å². The third-order valence-electron chi connectivity index (χ3n) is 2.68. The number of aromatic nitrogens is 1. The molecule has 0 radical (unpaired) electrons. The van der Waals surface area contributed by atoms with E-state index in [1.807, 2.05) is 5.38 Å². The minimum Gasteiger partial charge on any atom is -0.338 e. The van der Waals surface area contributed by atoms with Gasteiger partial charge in [-0.15, -0.1) is 11.3 Å². The number of carbonyl (C=O) groups excluding carboxylic acids is 1. The van der Waals surface area contributed by atoms with E-state index in [1.54, 1.807) is 6.20 Å². The van der Waals surface area contributed by atoms with Crippen LogP contribution in [0.5, 0.6) is 0 Å². The van der Waals surface area contributed by atoms with Gasteiger partial charge in [0.05, 0.1) is 0 Å². The first-order chi connectivity index (χ1) is 7.34. The van der Waals surface area contributed by atoms with E-state index in [9.17, 15) is 4.79 Å². The van der Waals surface area contributed by atoms with Crippen molar-refractivity contribution in [3.8, 4) is 0 Å². The average molecular weight is 225 g/mol. The highest BCUT2D eigenvalue weighted by atomic mass is 32.1. The van der Waals surface area contributed by atoms with E-state index in [0.717, 1.165) is 6.54 Å². The standard InChI is InChI=1S/C10H15N3OS/c14-9(13-10-11-5-6-15-10)12-7-8-3-1-2-4-8/h5-6,8H,1-4,7H2,(H2,11,12,13,14). The lowest BCUT2D eigenvalue weighted by Crippen LogP contribution is -2.32. The van der Waals surface area contributed by atoms with E-state index in [-0.39, 0.29) is 6.03 Å². The molecule has 1 aliphatic rings. The minimum atomic E-state index is -0.142. The topological polar surface area (TPSA) is 54.0 Å². The van der Waals surface area contributed by atoms with Gasteiger partial charge in [0, 0.05) is 18.1 Å². The van der Waals surface area contributed by atoms with Gasteiger partial charge in [0.1, 0.15) is 0 Å². The fourth-order valence-electron chi connectivity index (χ4n) is 1.88. The normalized spacial score (nSPS) is 16.5. The number of amides is 2. The minimum absolute atomic E-state index is 0.142. The lowest BCUT2D eigenvalue weighted by molar-refractivity contribution is 0.250. The Morgan fingerprint density at radius 3 is 3.00 bits per heavy atom. The Balaban J connectivity index is 1.68. The summed E-state index contributed by atoms with van der Waals surface area (Å²) < 4.78 is 0. The monoisotopic (exact) mass is 225 g/mol. The second-order valence-corrected chi connectivity index (χ2v) is 4.72. The van der Waals surface area contributed by atoms with Gasteiger partial charge in [-0.3, -0.25) is 5.32 Å². The van der Waals surface area contributed by atoms with E-state index < -0.39 is 0 Å². The fraction of sp³-hybridized carbons (Fsp3) is 0.600. The SMILES string of the molecule is O=C(NCC1CCCC1)Nc1nccs1. The molecule has 0 unspecified atom stereocenters. The van der Waals surface area contributed by atoms with E-state index >= 15 is 0 Å². The number of rotatable bonds is 3. The first-order valence-electron chi connectivity index (χ1n) is 5.29. The van der Waals surface area contributed by atoms with Crippen LogP contribution in [0.4, 0.5) is 9.93 Å². The Kier molecular flexibility index (Phi) is 3.55. The predicted molar refractivity (Wildman–Crippen MR) is 61.1 cm³/mol. The Morgan fingerprint density at radius 2 is 2.33 bits per heavy atom. The first-order valence-corrected chi connectivity index (χ1v) is 6.17. The molecule has 1 aliphatic carbocycles. The molecule has 0 bridgehead atoms. The molecule has 2 rings (SSSR count).